The number of thiophene rings is 1. The number of carboxylic acids is 2. The number of aliphatic carboxylic acids is 2. The van der Waals surface area contributed by atoms with Gasteiger partial charge in [-0.1, -0.05) is 23.7 Å². The van der Waals surface area contributed by atoms with Gasteiger partial charge in [0.05, 0.1) is 4.88 Å². The topological polar surface area (TPSA) is 104 Å². The molecule has 2 rings (SSSR count). The minimum absolute atomic E-state index is 0.175. The molecule has 0 fully saturated rings. The van der Waals surface area contributed by atoms with Crippen molar-refractivity contribution in [2.45, 2.75) is 18.9 Å². The number of hydrogen-bond donors (Lipinski definition) is 3. The van der Waals surface area contributed by atoms with Crippen molar-refractivity contribution < 1.29 is 24.6 Å². The van der Waals surface area contributed by atoms with Crippen LogP contribution in [-0.2, 0) is 9.59 Å². The summed E-state index contributed by atoms with van der Waals surface area (Å²) in [5.74, 6) is -2.92. The summed E-state index contributed by atoms with van der Waals surface area (Å²) < 4.78 is 0. The Hall–Kier alpha value is -2.38. The highest BCUT2D eigenvalue weighted by atomic mass is 35.5. The lowest BCUT2D eigenvalue weighted by atomic mass is 10.1. The van der Waals surface area contributed by atoms with Crippen molar-refractivity contribution in [1.82, 2.24) is 5.32 Å². The molecule has 0 radical (unpaired) electrons. The molecule has 0 unspecified atom stereocenters. The summed E-state index contributed by atoms with van der Waals surface area (Å²) >= 11 is 7.05. The SMILES string of the molecule is O=C(O)CC[C@H](NC(=O)c1ccc(-c2ccc(Cl)cc2)s1)C(=O)O. The van der Waals surface area contributed by atoms with Gasteiger partial charge in [-0.25, -0.2) is 4.79 Å². The van der Waals surface area contributed by atoms with Crippen LogP contribution < -0.4 is 5.32 Å². The van der Waals surface area contributed by atoms with Crippen molar-refractivity contribution in [3.8, 4) is 10.4 Å². The van der Waals surface area contributed by atoms with Gasteiger partial charge in [0, 0.05) is 16.3 Å². The molecule has 0 aliphatic rings. The fourth-order valence-electron chi connectivity index (χ4n) is 1.98. The molecular weight excluding hydrogens is 354 g/mol. The molecule has 2 aromatic rings. The van der Waals surface area contributed by atoms with Crippen LogP contribution in [0.5, 0.6) is 0 Å². The second-order valence-electron chi connectivity index (χ2n) is 4.97. The van der Waals surface area contributed by atoms with Crippen LogP contribution in [0.25, 0.3) is 10.4 Å². The standard InChI is InChI=1S/C16H14ClNO5S/c17-10-3-1-9(2-4-10)12-6-7-13(24-12)15(21)18-11(16(22)23)5-8-14(19)20/h1-4,6-7,11H,5,8H2,(H,18,21)(H,19,20)(H,22,23)/t11-/m0/s1. The molecule has 3 N–H and O–H groups in total. The van der Waals surface area contributed by atoms with Gasteiger partial charge < -0.3 is 15.5 Å². The van der Waals surface area contributed by atoms with Crippen LogP contribution in [0.3, 0.4) is 0 Å². The maximum atomic E-state index is 12.2. The largest absolute Gasteiger partial charge is 0.481 e. The van der Waals surface area contributed by atoms with Crippen molar-refractivity contribution in [2.75, 3.05) is 0 Å². The zero-order valence-electron chi connectivity index (χ0n) is 12.4. The lowest BCUT2D eigenvalue weighted by Crippen LogP contribution is -2.40. The van der Waals surface area contributed by atoms with E-state index >= 15 is 0 Å². The number of hydrogen-bond acceptors (Lipinski definition) is 4. The molecule has 126 valence electrons. The Morgan fingerprint density at radius 3 is 2.33 bits per heavy atom. The molecule has 24 heavy (non-hydrogen) atoms. The van der Waals surface area contributed by atoms with E-state index in [1.165, 1.54) is 11.3 Å². The molecule has 0 saturated carbocycles. The average Bonchev–Trinajstić information content (AvgIpc) is 3.01. The summed E-state index contributed by atoms with van der Waals surface area (Å²) in [7, 11) is 0. The Balaban J connectivity index is 2.08. The summed E-state index contributed by atoms with van der Waals surface area (Å²) in [6.45, 7) is 0. The van der Waals surface area contributed by atoms with Gasteiger partial charge in [0.25, 0.3) is 5.91 Å². The summed E-state index contributed by atoms with van der Waals surface area (Å²) in [4.78, 5) is 35.0. The number of benzene rings is 1. The molecule has 8 heteroatoms. The Bertz CT molecular complexity index is 756. The Kier molecular flexibility index (Phi) is 5.94. The summed E-state index contributed by atoms with van der Waals surface area (Å²) in [6, 6.07) is 9.24. The highest BCUT2D eigenvalue weighted by Gasteiger charge is 2.22. The van der Waals surface area contributed by atoms with E-state index in [2.05, 4.69) is 5.32 Å². The van der Waals surface area contributed by atoms with Crippen LogP contribution in [0.4, 0.5) is 0 Å². The van der Waals surface area contributed by atoms with Gasteiger partial charge in [0.15, 0.2) is 0 Å². The Labute approximate surface area is 146 Å². The molecule has 1 aromatic heterocycles. The molecule has 1 aromatic carbocycles. The average molecular weight is 368 g/mol. The molecule has 0 aliphatic heterocycles. The van der Waals surface area contributed by atoms with Gasteiger partial charge in [-0.2, -0.15) is 0 Å². The minimum Gasteiger partial charge on any atom is -0.481 e. The molecule has 6 nitrogen and oxygen atoms in total. The maximum absolute atomic E-state index is 12.2. The van der Waals surface area contributed by atoms with Gasteiger partial charge in [0.1, 0.15) is 6.04 Å². The second-order valence-corrected chi connectivity index (χ2v) is 6.49. The number of carboxylic acid groups (broad SMARTS) is 2. The van der Waals surface area contributed by atoms with Crippen LogP contribution in [0, 0.1) is 0 Å². The monoisotopic (exact) mass is 367 g/mol. The number of carbonyl (C=O) groups is 3. The second kappa shape index (κ2) is 7.94. The van der Waals surface area contributed by atoms with Crippen LogP contribution in [-0.4, -0.2) is 34.1 Å². The fraction of sp³-hybridized carbons (Fsp3) is 0.188. The van der Waals surface area contributed by atoms with E-state index in [9.17, 15) is 14.4 Å². The Morgan fingerprint density at radius 2 is 1.75 bits per heavy atom. The molecule has 0 aliphatic carbocycles. The van der Waals surface area contributed by atoms with Crippen LogP contribution >= 0.6 is 22.9 Å². The van der Waals surface area contributed by atoms with E-state index in [0.29, 0.717) is 9.90 Å². The van der Waals surface area contributed by atoms with Crippen LogP contribution in [0.15, 0.2) is 36.4 Å². The van der Waals surface area contributed by atoms with E-state index in [4.69, 9.17) is 21.8 Å². The van der Waals surface area contributed by atoms with Crippen molar-refractivity contribution in [2.24, 2.45) is 0 Å². The first kappa shape index (κ1) is 18.0. The van der Waals surface area contributed by atoms with E-state index in [0.717, 1.165) is 10.4 Å². The van der Waals surface area contributed by atoms with E-state index < -0.39 is 23.9 Å². The van der Waals surface area contributed by atoms with Gasteiger partial charge in [-0.15, -0.1) is 11.3 Å². The highest BCUT2D eigenvalue weighted by molar-refractivity contribution is 7.17. The quantitative estimate of drug-likeness (QED) is 0.697. The van der Waals surface area contributed by atoms with Gasteiger partial charge in [0.2, 0.25) is 0 Å². The molecule has 0 bridgehead atoms. The van der Waals surface area contributed by atoms with Crippen molar-refractivity contribution >= 4 is 40.8 Å². The highest BCUT2D eigenvalue weighted by Crippen LogP contribution is 2.29. The fourth-order valence-corrected chi connectivity index (χ4v) is 3.02. The molecule has 1 atom stereocenters. The van der Waals surface area contributed by atoms with Crippen molar-refractivity contribution in [3.63, 3.8) is 0 Å². The first-order valence-corrected chi connectivity index (χ1v) is 8.17. The summed E-state index contributed by atoms with van der Waals surface area (Å²) in [6.07, 6.45) is -0.510. The zero-order chi connectivity index (χ0) is 17.7. The number of nitrogens with one attached hydrogen (secondary N) is 1. The number of halogens is 1. The smallest absolute Gasteiger partial charge is 0.326 e. The third-order valence-corrected chi connectivity index (χ3v) is 4.59. The van der Waals surface area contributed by atoms with E-state index in [-0.39, 0.29) is 12.8 Å². The zero-order valence-corrected chi connectivity index (χ0v) is 13.9. The third kappa shape index (κ3) is 4.81. The molecule has 0 spiro atoms. The lowest BCUT2D eigenvalue weighted by Gasteiger charge is -2.12. The predicted molar refractivity (Wildman–Crippen MR) is 90.5 cm³/mol. The van der Waals surface area contributed by atoms with Gasteiger partial charge in [-0.3, -0.25) is 9.59 Å². The molecular formula is C16H14ClNO5S. The number of carbonyl (C=O) groups excluding carboxylic acids is 1. The van der Waals surface area contributed by atoms with E-state index in [1.54, 1.807) is 24.3 Å². The van der Waals surface area contributed by atoms with E-state index in [1.807, 2.05) is 12.1 Å². The normalized spacial score (nSPS) is 11.7. The summed E-state index contributed by atoms with van der Waals surface area (Å²) in [5.41, 5.74) is 0.893. The van der Waals surface area contributed by atoms with Gasteiger partial charge in [-0.05, 0) is 36.2 Å². The summed E-state index contributed by atoms with van der Waals surface area (Å²) in [5, 5.41) is 20.7. The first-order chi connectivity index (χ1) is 11.4. The third-order valence-electron chi connectivity index (χ3n) is 3.21. The number of amides is 1. The Morgan fingerprint density at radius 1 is 1.08 bits per heavy atom. The van der Waals surface area contributed by atoms with Crippen LogP contribution in [0.1, 0.15) is 22.5 Å². The maximum Gasteiger partial charge on any atom is 0.326 e. The minimum atomic E-state index is -1.26. The van der Waals surface area contributed by atoms with Gasteiger partial charge >= 0.3 is 11.9 Å². The predicted octanol–water partition coefficient (Wildman–Crippen LogP) is 3.12. The van der Waals surface area contributed by atoms with Crippen LogP contribution in [0.2, 0.25) is 5.02 Å². The molecule has 1 amide bonds. The molecule has 1 heterocycles. The lowest BCUT2D eigenvalue weighted by molar-refractivity contribution is -0.140. The van der Waals surface area contributed by atoms with Crippen molar-refractivity contribution in [1.29, 1.82) is 0 Å². The molecule has 0 saturated heterocycles. The van der Waals surface area contributed by atoms with Crippen molar-refractivity contribution in [3.05, 3.63) is 46.3 Å². The number of rotatable bonds is 7. The first-order valence-electron chi connectivity index (χ1n) is 6.98.